The molecule has 0 atom stereocenters. The standard InChI is InChI=1S/C29H22ClN5O2/c1-16-8-10-19(11-9-16)17(2)26-18(3)33-35(29(26)37)25(36)15-34-24-7-5-4-6-21(24)27-28(34)32-22-13-12-20(30)14-23(22)31-27/h4-14H,15H2,1-3H3/b26-17-. The molecule has 3 heterocycles. The number of carbonyl (C=O) groups excluding carboxylic acids is 2. The second-order valence-corrected chi connectivity index (χ2v) is 9.63. The number of imide groups is 1. The molecule has 1 aliphatic rings. The Morgan fingerprint density at radius 3 is 2.49 bits per heavy atom. The zero-order valence-electron chi connectivity index (χ0n) is 20.5. The number of rotatable bonds is 3. The summed E-state index contributed by atoms with van der Waals surface area (Å²) >= 11 is 6.17. The van der Waals surface area contributed by atoms with E-state index in [-0.39, 0.29) is 6.54 Å². The minimum Gasteiger partial charge on any atom is -0.314 e. The van der Waals surface area contributed by atoms with Gasteiger partial charge in [-0.1, -0.05) is 59.6 Å². The van der Waals surface area contributed by atoms with Gasteiger partial charge in [-0.3, -0.25) is 9.59 Å². The summed E-state index contributed by atoms with van der Waals surface area (Å²) in [4.78, 5) is 36.5. The van der Waals surface area contributed by atoms with Gasteiger partial charge in [-0.15, -0.1) is 0 Å². The maximum Gasteiger partial charge on any atom is 0.283 e. The van der Waals surface area contributed by atoms with Gasteiger partial charge < -0.3 is 4.57 Å². The zero-order valence-corrected chi connectivity index (χ0v) is 21.2. The van der Waals surface area contributed by atoms with Gasteiger partial charge in [0.2, 0.25) is 0 Å². The number of para-hydroxylation sites is 1. The molecule has 2 aromatic heterocycles. The molecule has 0 saturated heterocycles. The SMILES string of the molecule is CC1=NN(C(=O)Cn2c3ccccc3c3nc4cc(Cl)ccc4nc32)C(=O)/C1=C(/C)c1ccc(C)cc1. The smallest absolute Gasteiger partial charge is 0.283 e. The third-order valence-electron chi connectivity index (χ3n) is 6.72. The number of carbonyl (C=O) groups is 2. The van der Waals surface area contributed by atoms with Gasteiger partial charge in [0, 0.05) is 10.4 Å². The topological polar surface area (TPSA) is 80.5 Å². The number of fused-ring (bicyclic) bond motifs is 4. The lowest BCUT2D eigenvalue weighted by Crippen LogP contribution is -2.32. The summed E-state index contributed by atoms with van der Waals surface area (Å²) in [6, 6.07) is 20.9. The molecule has 0 radical (unpaired) electrons. The molecule has 182 valence electrons. The lowest BCUT2D eigenvalue weighted by atomic mass is 9.98. The maximum absolute atomic E-state index is 13.5. The highest BCUT2D eigenvalue weighted by Gasteiger charge is 2.34. The number of hydrogen-bond acceptors (Lipinski definition) is 5. The highest BCUT2D eigenvalue weighted by atomic mass is 35.5. The summed E-state index contributed by atoms with van der Waals surface area (Å²) < 4.78 is 1.79. The van der Waals surface area contributed by atoms with E-state index in [0.717, 1.165) is 32.6 Å². The second-order valence-electron chi connectivity index (χ2n) is 9.19. The third-order valence-corrected chi connectivity index (χ3v) is 6.96. The molecule has 0 N–H and O–H groups in total. The van der Waals surface area contributed by atoms with Gasteiger partial charge in [-0.25, -0.2) is 9.97 Å². The van der Waals surface area contributed by atoms with Gasteiger partial charge in [0.1, 0.15) is 12.1 Å². The van der Waals surface area contributed by atoms with Gasteiger partial charge in [0.15, 0.2) is 5.65 Å². The van der Waals surface area contributed by atoms with E-state index in [9.17, 15) is 9.59 Å². The second kappa shape index (κ2) is 8.64. The third kappa shape index (κ3) is 3.79. The zero-order chi connectivity index (χ0) is 25.8. The van der Waals surface area contributed by atoms with Crippen LogP contribution < -0.4 is 0 Å². The number of allylic oxidation sites excluding steroid dienone is 1. The van der Waals surface area contributed by atoms with Crippen molar-refractivity contribution in [2.24, 2.45) is 5.10 Å². The minimum absolute atomic E-state index is 0.114. The fourth-order valence-corrected chi connectivity index (χ4v) is 4.99. The molecular formula is C29H22ClN5O2. The largest absolute Gasteiger partial charge is 0.314 e. The van der Waals surface area contributed by atoms with Crippen LogP contribution in [0.3, 0.4) is 0 Å². The fraction of sp³-hybridized carbons (Fsp3) is 0.138. The van der Waals surface area contributed by atoms with E-state index in [1.165, 1.54) is 0 Å². The summed E-state index contributed by atoms with van der Waals surface area (Å²) in [6.45, 7) is 5.53. The maximum atomic E-state index is 13.5. The molecule has 0 saturated carbocycles. The first-order valence-corrected chi connectivity index (χ1v) is 12.2. The molecule has 0 spiro atoms. The minimum atomic E-state index is -0.447. The van der Waals surface area contributed by atoms with Crippen LogP contribution in [-0.2, 0) is 16.1 Å². The van der Waals surface area contributed by atoms with Crippen LogP contribution in [0.1, 0.15) is 25.0 Å². The Kier molecular flexibility index (Phi) is 5.38. The van der Waals surface area contributed by atoms with Crippen molar-refractivity contribution in [1.29, 1.82) is 0 Å². The Hall–Kier alpha value is -4.36. The molecule has 0 aliphatic carbocycles. The molecule has 0 unspecified atom stereocenters. The molecule has 0 bridgehead atoms. The van der Waals surface area contributed by atoms with Crippen LogP contribution >= 0.6 is 11.6 Å². The van der Waals surface area contributed by atoms with E-state index < -0.39 is 11.8 Å². The fourth-order valence-electron chi connectivity index (χ4n) is 4.83. The first-order chi connectivity index (χ1) is 17.8. The van der Waals surface area contributed by atoms with E-state index in [0.29, 0.717) is 38.5 Å². The first-order valence-electron chi connectivity index (χ1n) is 11.9. The van der Waals surface area contributed by atoms with Crippen LogP contribution in [0.2, 0.25) is 5.02 Å². The Morgan fingerprint density at radius 1 is 0.946 bits per heavy atom. The van der Waals surface area contributed by atoms with E-state index in [2.05, 4.69) is 5.10 Å². The van der Waals surface area contributed by atoms with Gasteiger partial charge in [0.05, 0.1) is 27.8 Å². The number of amides is 2. The lowest BCUT2D eigenvalue weighted by Gasteiger charge is -2.13. The summed E-state index contributed by atoms with van der Waals surface area (Å²) in [7, 11) is 0. The lowest BCUT2D eigenvalue weighted by molar-refractivity contribution is -0.141. The van der Waals surface area contributed by atoms with Crippen molar-refractivity contribution in [3.8, 4) is 0 Å². The number of hydrogen-bond donors (Lipinski definition) is 0. The first kappa shape index (κ1) is 23.1. The van der Waals surface area contributed by atoms with Crippen LogP contribution in [0.4, 0.5) is 0 Å². The molecule has 2 amide bonds. The Balaban J connectivity index is 1.41. The Labute approximate surface area is 217 Å². The number of hydrazone groups is 1. The predicted octanol–water partition coefficient (Wildman–Crippen LogP) is 5.92. The van der Waals surface area contributed by atoms with E-state index >= 15 is 0 Å². The van der Waals surface area contributed by atoms with Crippen molar-refractivity contribution in [1.82, 2.24) is 19.5 Å². The average molecular weight is 508 g/mol. The predicted molar refractivity (Wildman–Crippen MR) is 146 cm³/mol. The molecule has 5 aromatic rings. The van der Waals surface area contributed by atoms with Crippen molar-refractivity contribution in [2.75, 3.05) is 0 Å². The highest BCUT2D eigenvalue weighted by molar-refractivity contribution is 6.31. The Bertz CT molecular complexity index is 1830. The summed E-state index contributed by atoms with van der Waals surface area (Å²) in [6.07, 6.45) is 0. The summed E-state index contributed by atoms with van der Waals surface area (Å²) in [5, 5.41) is 6.75. The molecule has 3 aromatic carbocycles. The average Bonchev–Trinajstić information content (AvgIpc) is 3.35. The molecular weight excluding hydrogens is 486 g/mol. The van der Waals surface area contributed by atoms with Gasteiger partial charge in [-0.2, -0.15) is 10.1 Å². The summed E-state index contributed by atoms with van der Waals surface area (Å²) in [5.74, 6) is -0.871. The van der Waals surface area contributed by atoms with Crippen molar-refractivity contribution >= 4 is 67.8 Å². The molecule has 6 rings (SSSR count). The van der Waals surface area contributed by atoms with E-state index in [1.807, 2.05) is 62.4 Å². The number of aryl methyl sites for hydroxylation is 1. The van der Waals surface area contributed by atoms with Crippen LogP contribution in [-0.4, -0.2) is 37.1 Å². The summed E-state index contributed by atoms with van der Waals surface area (Å²) in [5.41, 5.74) is 7.16. The van der Waals surface area contributed by atoms with Crippen molar-refractivity contribution in [3.05, 3.63) is 88.5 Å². The quantitative estimate of drug-likeness (QED) is 0.284. The van der Waals surface area contributed by atoms with Crippen molar-refractivity contribution in [3.63, 3.8) is 0 Å². The molecule has 37 heavy (non-hydrogen) atoms. The molecule has 8 heteroatoms. The number of nitrogens with zero attached hydrogens (tertiary/aromatic N) is 5. The molecule has 7 nitrogen and oxygen atoms in total. The van der Waals surface area contributed by atoms with E-state index in [1.54, 1.807) is 29.7 Å². The normalized spacial score (nSPS) is 15.2. The monoisotopic (exact) mass is 507 g/mol. The van der Waals surface area contributed by atoms with Gasteiger partial charge >= 0.3 is 0 Å². The van der Waals surface area contributed by atoms with Gasteiger partial charge in [0.25, 0.3) is 11.8 Å². The van der Waals surface area contributed by atoms with Crippen LogP contribution in [0.5, 0.6) is 0 Å². The van der Waals surface area contributed by atoms with Crippen LogP contribution in [0, 0.1) is 6.92 Å². The Morgan fingerprint density at radius 2 is 1.70 bits per heavy atom. The van der Waals surface area contributed by atoms with Gasteiger partial charge in [-0.05, 0) is 56.2 Å². The number of aromatic nitrogens is 3. The van der Waals surface area contributed by atoms with E-state index in [4.69, 9.17) is 21.6 Å². The van der Waals surface area contributed by atoms with Crippen molar-refractivity contribution in [2.45, 2.75) is 27.3 Å². The van der Waals surface area contributed by atoms with Crippen LogP contribution in [0.25, 0.3) is 38.7 Å². The highest BCUT2D eigenvalue weighted by Crippen LogP contribution is 2.30. The molecule has 1 aliphatic heterocycles. The van der Waals surface area contributed by atoms with Crippen molar-refractivity contribution < 1.29 is 9.59 Å². The number of benzene rings is 3. The van der Waals surface area contributed by atoms with Crippen LogP contribution in [0.15, 0.2) is 77.4 Å². The molecule has 0 fully saturated rings. The number of halogens is 1.